The van der Waals surface area contributed by atoms with E-state index >= 15 is 0 Å². The van der Waals surface area contributed by atoms with Crippen LogP contribution in [-0.4, -0.2) is 49.3 Å². The van der Waals surface area contributed by atoms with Gasteiger partial charge in [0.25, 0.3) is 5.91 Å². The second-order valence-electron chi connectivity index (χ2n) is 4.91. The Hall–Kier alpha value is -2.24. The summed E-state index contributed by atoms with van der Waals surface area (Å²) in [5.74, 6) is 0.589. The molecule has 0 aliphatic rings. The Morgan fingerprint density at radius 1 is 1.19 bits per heavy atom. The minimum atomic E-state index is -0.983. The number of hydrogen-bond donors (Lipinski definition) is 2. The first-order chi connectivity index (χ1) is 9.99. The van der Waals surface area contributed by atoms with E-state index < -0.39 is 6.09 Å². The van der Waals surface area contributed by atoms with E-state index in [-0.39, 0.29) is 12.5 Å². The van der Waals surface area contributed by atoms with Gasteiger partial charge in [0, 0.05) is 20.6 Å². The van der Waals surface area contributed by atoms with Gasteiger partial charge in [-0.25, -0.2) is 4.79 Å². The second kappa shape index (κ2) is 8.84. The van der Waals surface area contributed by atoms with E-state index in [1.165, 1.54) is 4.90 Å². The maximum Gasteiger partial charge on any atom is 0.404 e. The summed E-state index contributed by atoms with van der Waals surface area (Å²) >= 11 is 0. The summed E-state index contributed by atoms with van der Waals surface area (Å²) < 4.78 is 5.39. The van der Waals surface area contributed by atoms with Crippen LogP contribution in [0.1, 0.15) is 18.4 Å². The molecule has 2 amide bonds. The third-order valence-electron chi connectivity index (χ3n) is 2.95. The molecule has 0 aliphatic carbocycles. The van der Waals surface area contributed by atoms with Gasteiger partial charge in [0.15, 0.2) is 6.61 Å². The van der Waals surface area contributed by atoms with Gasteiger partial charge in [0.05, 0.1) is 0 Å². The van der Waals surface area contributed by atoms with Crippen LogP contribution in [0, 0.1) is 0 Å². The summed E-state index contributed by atoms with van der Waals surface area (Å²) in [5.41, 5.74) is 1.16. The minimum Gasteiger partial charge on any atom is -0.484 e. The van der Waals surface area contributed by atoms with Crippen molar-refractivity contribution in [3.05, 3.63) is 29.8 Å². The van der Waals surface area contributed by atoms with E-state index in [1.807, 2.05) is 24.3 Å². The summed E-state index contributed by atoms with van der Waals surface area (Å²) in [5, 5.41) is 10.8. The Balaban J connectivity index is 2.27. The Kier molecular flexibility index (Phi) is 7.08. The zero-order chi connectivity index (χ0) is 15.7. The van der Waals surface area contributed by atoms with Crippen LogP contribution in [0.25, 0.3) is 0 Å². The number of carboxylic acid groups (broad SMARTS) is 1. The van der Waals surface area contributed by atoms with Crippen LogP contribution in [0.3, 0.4) is 0 Å². The lowest BCUT2D eigenvalue weighted by Crippen LogP contribution is -2.27. The fourth-order valence-electron chi connectivity index (χ4n) is 1.68. The van der Waals surface area contributed by atoms with Crippen molar-refractivity contribution in [2.75, 3.05) is 27.2 Å². The molecule has 6 heteroatoms. The quantitative estimate of drug-likeness (QED) is 0.716. The summed E-state index contributed by atoms with van der Waals surface area (Å²) in [4.78, 5) is 23.1. The first-order valence-corrected chi connectivity index (χ1v) is 6.87. The molecule has 0 saturated heterocycles. The van der Waals surface area contributed by atoms with Crippen LogP contribution in [-0.2, 0) is 11.2 Å². The molecule has 116 valence electrons. The molecule has 2 N–H and O–H groups in total. The highest BCUT2D eigenvalue weighted by Gasteiger charge is 2.04. The Labute approximate surface area is 124 Å². The van der Waals surface area contributed by atoms with Crippen molar-refractivity contribution in [3.8, 4) is 5.75 Å². The van der Waals surface area contributed by atoms with Crippen molar-refractivity contribution in [1.82, 2.24) is 10.2 Å². The Morgan fingerprint density at radius 3 is 2.43 bits per heavy atom. The fraction of sp³-hybridized carbons (Fsp3) is 0.467. The van der Waals surface area contributed by atoms with Gasteiger partial charge < -0.3 is 20.1 Å². The highest BCUT2D eigenvalue weighted by atomic mass is 16.5. The summed E-state index contributed by atoms with van der Waals surface area (Å²) in [6.07, 6.45) is 1.63. The number of rotatable bonds is 8. The normalized spacial score (nSPS) is 10.0. The summed E-state index contributed by atoms with van der Waals surface area (Å²) in [7, 11) is 3.38. The van der Waals surface area contributed by atoms with Crippen molar-refractivity contribution >= 4 is 12.0 Å². The second-order valence-corrected chi connectivity index (χ2v) is 4.91. The molecular formula is C15H22N2O4. The zero-order valence-corrected chi connectivity index (χ0v) is 12.5. The monoisotopic (exact) mass is 294 g/mol. The van der Waals surface area contributed by atoms with Gasteiger partial charge in [0.1, 0.15) is 5.75 Å². The van der Waals surface area contributed by atoms with Gasteiger partial charge >= 0.3 is 6.09 Å². The van der Waals surface area contributed by atoms with E-state index in [4.69, 9.17) is 9.84 Å². The molecule has 0 heterocycles. The molecule has 0 aromatic heterocycles. The fourth-order valence-corrected chi connectivity index (χ4v) is 1.68. The van der Waals surface area contributed by atoms with E-state index in [2.05, 4.69) is 5.32 Å². The molecule has 0 unspecified atom stereocenters. The predicted octanol–water partition coefficient (Wildman–Crippen LogP) is 1.74. The zero-order valence-electron chi connectivity index (χ0n) is 12.5. The van der Waals surface area contributed by atoms with Crippen molar-refractivity contribution in [2.45, 2.75) is 19.3 Å². The number of benzene rings is 1. The highest BCUT2D eigenvalue weighted by molar-refractivity contribution is 5.77. The van der Waals surface area contributed by atoms with E-state index in [0.717, 1.165) is 24.8 Å². The molecule has 1 aromatic rings. The number of amides is 2. The molecule has 0 aliphatic heterocycles. The van der Waals surface area contributed by atoms with Gasteiger partial charge in [0.2, 0.25) is 0 Å². The molecule has 0 bridgehead atoms. The molecule has 6 nitrogen and oxygen atoms in total. The van der Waals surface area contributed by atoms with Crippen LogP contribution in [0.2, 0.25) is 0 Å². The summed E-state index contributed by atoms with van der Waals surface area (Å²) in [6, 6.07) is 7.60. The molecular weight excluding hydrogens is 272 g/mol. The maximum atomic E-state index is 11.4. The molecule has 0 spiro atoms. The molecule has 0 atom stereocenters. The maximum absolute atomic E-state index is 11.4. The number of carbonyl (C=O) groups excluding carboxylic acids is 1. The Morgan fingerprint density at radius 2 is 1.86 bits per heavy atom. The molecule has 0 fully saturated rings. The number of ether oxygens (including phenoxy) is 1. The lowest BCUT2D eigenvalue weighted by Gasteiger charge is -2.11. The largest absolute Gasteiger partial charge is 0.484 e. The van der Waals surface area contributed by atoms with Crippen molar-refractivity contribution in [1.29, 1.82) is 0 Å². The van der Waals surface area contributed by atoms with E-state index in [1.54, 1.807) is 14.1 Å². The minimum absolute atomic E-state index is 0.0349. The third kappa shape index (κ3) is 7.20. The van der Waals surface area contributed by atoms with Gasteiger partial charge in [-0.15, -0.1) is 0 Å². The smallest absolute Gasteiger partial charge is 0.404 e. The lowest BCUT2D eigenvalue weighted by atomic mass is 10.1. The number of carbonyl (C=O) groups is 2. The number of hydrogen-bond acceptors (Lipinski definition) is 3. The average Bonchev–Trinajstić information content (AvgIpc) is 2.45. The van der Waals surface area contributed by atoms with Crippen LogP contribution in [0.4, 0.5) is 4.79 Å². The standard InChI is InChI=1S/C15H22N2O4/c1-17(2)14(18)11-21-13-8-6-12(7-9-13)5-3-4-10-16-15(19)20/h6-9,16H,3-5,10-11H2,1-2H3,(H,19,20). The highest BCUT2D eigenvalue weighted by Crippen LogP contribution is 2.13. The number of unbranched alkanes of at least 4 members (excludes halogenated alkanes) is 1. The number of likely N-dealkylation sites (N-methyl/N-ethyl adjacent to an activating group) is 1. The van der Waals surface area contributed by atoms with Gasteiger partial charge in [-0.3, -0.25) is 4.79 Å². The van der Waals surface area contributed by atoms with Gasteiger partial charge in [-0.2, -0.15) is 0 Å². The number of nitrogens with one attached hydrogen (secondary N) is 1. The van der Waals surface area contributed by atoms with E-state index in [9.17, 15) is 9.59 Å². The summed E-state index contributed by atoms with van der Waals surface area (Å²) in [6.45, 7) is 0.510. The van der Waals surface area contributed by atoms with Crippen LogP contribution in [0.5, 0.6) is 5.75 Å². The number of aryl methyl sites for hydroxylation is 1. The first-order valence-electron chi connectivity index (χ1n) is 6.87. The third-order valence-corrected chi connectivity index (χ3v) is 2.95. The first kappa shape index (κ1) is 16.8. The van der Waals surface area contributed by atoms with Crippen LogP contribution >= 0.6 is 0 Å². The van der Waals surface area contributed by atoms with Crippen molar-refractivity contribution in [2.24, 2.45) is 0 Å². The van der Waals surface area contributed by atoms with E-state index in [0.29, 0.717) is 12.3 Å². The lowest BCUT2D eigenvalue weighted by molar-refractivity contribution is -0.130. The number of nitrogens with zero attached hydrogens (tertiary/aromatic N) is 1. The molecule has 0 radical (unpaired) electrons. The van der Waals surface area contributed by atoms with Crippen LogP contribution in [0.15, 0.2) is 24.3 Å². The Bertz CT molecular complexity index is 457. The van der Waals surface area contributed by atoms with Gasteiger partial charge in [-0.05, 0) is 37.0 Å². The predicted molar refractivity (Wildman–Crippen MR) is 79.6 cm³/mol. The molecule has 1 aromatic carbocycles. The average molecular weight is 294 g/mol. The van der Waals surface area contributed by atoms with Crippen molar-refractivity contribution < 1.29 is 19.4 Å². The molecule has 0 saturated carbocycles. The van der Waals surface area contributed by atoms with Crippen LogP contribution < -0.4 is 10.1 Å². The molecule has 1 rings (SSSR count). The molecule has 21 heavy (non-hydrogen) atoms. The van der Waals surface area contributed by atoms with Gasteiger partial charge in [-0.1, -0.05) is 12.1 Å². The van der Waals surface area contributed by atoms with Crippen molar-refractivity contribution in [3.63, 3.8) is 0 Å². The topological polar surface area (TPSA) is 78.9 Å². The SMILES string of the molecule is CN(C)C(=O)COc1ccc(CCCCNC(=O)O)cc1.